The molecule has 1 amide bonds. The molecule has 0 fully saturated rings. The molecule has 0 spiro atoms. The van der Waals surface area contributed by atoms with E-state index in [1.54, 1.807) is 13.8 Å². The Morgan fingerprint density at radius 2 is 2.19 bits per heavy atom. The third-order valence-corrected chi connectivity index (χ3v) is 2.38. The fourth-order valence-electron chi connectivity index (χ4n) is 1.13. The summed E-state index contributed by atoms with van der Waals surface area (Å²) in [6.07, 6.45) is 0. The third kappa shape index (κ3) is 1.94. The van der Waals surface area contributed by atoms with Crippen molar-refractivity contribution < 1.29 is 13.7 Å². The van der Waals surface area contributed by atoms with Crippen LogP contribution in [0.5, 0.6) is 0 Å². The number of anilines is 1. The molecule has 2 heterocycles. The number of aromatic nitrogens is 1. The van der Waals surface area contributed by atoms with Crippen molar-refractivity contribution in [1.29, 1.82) is 0 Å². The molecule has 0 radical (unpaired) electrons. The number of rotatable bonds is 2. The highest BCUT2D eigenvalue weighted by Gasteiger charge is 2.15. The van der Waals surface area contributed by atoms with Gasteiger partial charge in [-0.3, -0.25) is 10.1 Å². The van der Waals surface area contributed by atoms with Gasteiger partial charge in [-0.25, -0.2) is 0 Å². The molecular formula is C10H9ClN2O3. The van der Waals surface area contributed by atoms with Crippen LogP contribution in [0.2, 0.25) is 5.22 Å². The van der Waals surface area contributed by atoms with Crippen molar-refractivity contribution in [3.8, 4) is 0 Å². The lowest BCUT2D eigenvalue weighted by Crippen LogP contribution is -2.10. The van der Waals surface area contributed by atoms with E-state index in [1.165, 1.54) is 12.1 Å². The average Bonchev–Trinajstić information content (AvgIpc) is 2.79. The maximum atomic E-state index is 11.6. The predicted molar refractivity (Wildman–Crippen MR) is 57.6 cm³/mol. The van der Waals surface area contributed by atoms with Gasteiger partial charge in [-0.2, -0.15) is 0 Å². The lowest BCUT2D eigenvalue weighted by atomic mass is 10.3. The van der Waals surface area contributed by atoms with Crippen molar-refractivity contribution in [2.45, 2.75) is 13.8 Å². The van der Waals surface area contributed by atoms with Crippen LogP contribution in [0, 0.1) is 13.8 Å². The average molecular weight is 241 g/mol. The van der Waals surface area contributed by atoms with E-state index in [2.05, 4.69) is 10.5 Å². The molecule has 0 saturated carbocycles. The van der Waals surface area contributed by atoms with Crippen molar-refractivity contribution in [2.24, 2.45) is 0 Å². The standard InChI is InChI=1S/C10H9ClN2O3/c1-5-6(2)13-16-10(5)12-9(14)7-3-4-8(11)15-7/h3-4H,1-2H3,(H,12,14). The topological polar surface area (TPSA) is 68.3 Å². The van der Waals surface area contributed by atoms with Crippen LogP contribution in [0.3, 0.4) is 0 Å². The van der Waals surface area contributed by atoms with Gasteiger partial charge in [-0.1, -0.05) is 5.16 Å². The summed E-state index contributed by atoms with van der Waals surface area (Å²) >= 11 is 5.56. The maximum Gasteiger partial charge on any atom is 0.293 e. The Morgan fingerprint density at radius 1 is 1.44 bits per heavy atom. The summed E-state index contributed by atoms with van der Waals surface area (Å²) in [6, 6.07) is 2.98. The Kier molecular flexibility index (Phi) is 2.70. The van der Waals surface area contributed by atoms with Crippen molar-refractivity contribution in [1.82, 2.24) is 5.16 Å². The van der Waals surface area contributed by atoms with Crippen LogP contribution in [0.25, 0.3) is 0 Å². The van der Waals surface area contributed by atoms with Gasteiger partial charge < -0.3 is 8.94 Å². The van der Waals surface area contributed by atoms with E-state index < -0.39 is 5.91 Å². The van der Waals surface area contributed by atoms with Gasteiger partial charge in [0.05, 0.1) is 5.69 Å². The number of halogens is 1. The summed E-state index contributed by atoms with van der Waals surface area (Å²) in [4.78, 5) is 11.6. The monoisotopic (exact) mass is 240 g/mol. The summed E-state index contributed by atoms with van der Waals surface area (Å²) in [5.74, 6) is 0.0135. The Bertz CT molecular complexity index is 530. The molecule has 0 aliphatic rings. The Labute approximate surface area is 96.4 Å². The Balaban J connectivity index is 2.17. The minimum atomic E-state index is -0.425. The smallest absolute Gasteiger partial charge is 0.293 e. The summed E-state index contributed by atoms with van der Waals surface area (Å²) in [5, 5.41) is 6.42. The van der Waals surface area contributed by atoms with E-state index in [0.717, 1.165) is 11.3 Å². The van der Waals surface area contributed by atoms with Crippen molar-refractivity contribution >= 4 is 23.4 Å². The van der Waals surface area contributed by atoms with Gasteiger partial charge in [-0.05, 0) is 37.6 Å². The van der Waals surface area contributed by atoms with Gasteiger partial charge in [0.2, 0.25) is 5.88 Å². The zero-order valence-electron chi connectivity index (χ0n) is 8.70. The molecule has 0 bridgehead atoms. The van der Waals surface area contributed by atoms with E-state index in [4.69, 9.17) is 20.5 Å². The first kappa shape index (κ1) is 10.8. The Morgan fingerprint density at radius 3 is 2.69 bits per heavy atom. The second-order valence-corrected chi connectivity index (χ2v) is 3.65. The fourth-order valence-corrected chi connectivity index (χ4v) is 1.28. The molecule has 0 saturated heterocycles. The Hall–Kier alpha value is -1.75. The minimum Gasteiger partial charge on any atom is -0.440 e. The summed E-state index contributed by atoms with van der Waals surface area (Å²) in [5.41, 5.74) is 1.51. The van der Waals surface area contributed by atoms with Crippen LogP contribution >= 0.6 is 11.6 Å². The fraction of sp³-hybridized carbons (Fsp3) is 0.200. The molecule has 0 atom stereocenters. The number of furan rings is 1. The molecule has 6 heteroatoms. The zero-order chi connectivity index (χ0) is 11.7. The molecule has 2 aromatic heterocycles. The highest BCUT2D eigenvalue weighted by Crippen LogP contribution is 2.19. The first-order chi connectivity index (χ1) is 7.58. The lowest BCUT2D eigenvalue weighted by Gasteiger charge is -1.98. The van der Waals surface area contributed by atoms with E-state index in [9.17, 15) is 4.79 Å². The number of hydrogen-bond acceptors (Lipinski definition) is 4. The molecule has 16 heavy (non-hydrogen) atoms. The molecule has 84 valence electrons. The molecule has 0 aliphatic heterocycles. The number of aryl methyl sites for hydroxylation is 1. The molecule has 0 unspecified atom stereocenters. The third-order valence-electron chi connectivity index (χ3n) is 2.18. The van der Waals surface area contributed by atoms with Crippen molar-refractivity contribution in [3.63, 3.8) is 0 Å². The van der Waals surface area contributed by atoms with Crippen molar-refractivity contribution in [3.05, 3.63) is 34.4 Å². The molecule has 1 N–H and O–H groups in total. The quantitative estimate of drug-likeness (QED) is 0.876. The van der Waals surface area contributed by atoms with Gasteiger partial charge >= 0.3 is 0 Å². The van der Waals surface area contributed by atoms with Crippen LogP contribution in [0.4, 0.5) is 5.88 Å². The number of amides is 1. The van der Waals surface area contributed by atoms with Crippen LogP contribution in [-0.2, 0) is 0 Å². The minimum absolute atomic E-state index is 0.124. The number of carbonyl (C=O) groups is 1. The van der Waals surface area contributed by atoms with E-state index in [-0.39, 0.29) is 11.0 Å². The summed E-state index contributed by atoms with van der Waals surface area (Å²) in [6.45, 7) is 3.59. The zero-order valence-corrected chi connectivity index (χ0v) is 9.46. The number of hydrogen-bond donors (Lipinski definition) is 1. The second kappa shape index (κ2) is 4.02. The molecule has 2 aromatic rings. The van der Waals surface area contributed by atoms with Gasteiger partial charge in [0.25, 0.3) is 5.91 Å². The summed E-state index contributed by atoms with van der Waals surface area (Å²) < 4.78 is 9.89. The highest BCUT2D eigenvalue weighted by atomic mass is 35.5. The summed E-state index contributed by atoms with van der Waals surface area (Å²) in [7, 11) is 0. The maximum absolute atomic E-state index is 11.6. The molecule has 5 nitrogen and oxygen atoms in total. The second-order valence-electron chi connectivity index (χ2n) is 3.28. The van der Waals surface area contributed by atoms with Gasteiger partial charge in [0, 0.05) is 5.56 Å². The number of nitrogens with one attached hydrogen (secondary N) is 1. The van der Waals surface area contributed by atoms with E-state index >= 15 is 0 Å². The van der Waals surface area contributed by atoms with E-state index in [0.29, 0.717) is 5.88 Å². The molecule has 2 rings (SSSR count). The van der Waals surface area contributed by atoms with Crippen LogP contribution < -0.4 is 5.32 Å². The molecule has 0 aliphatic carbocycles. The van der Waals surface area contributed by atoms with Gasteiger partial charge in [0.1, 0.15) is 0 Å². The first-order valence-electron chi connectivity index (χ1n) is 4.57. The van der Waals surface area contributed by atoms with Crippen LogP contribution in [-0.4, -0.2) is 11.1 Å². The van der Waals surface area contributed by atoms with Gasteiger partial charge in [0.15, 0.2) is 11.0 Å². The number of nitrogens with zero attached hydrogens (tertiary/aromatic N) is 1. The lowest BCUT2D eigenvalue weighted by molar-refractivity contribution is 0.0993. The SMILES string of the molecule is Cc1noc(NC(=O)c2ccc(Cl)o2)c1C. The molecule has 0 aromatic carbocycles. The first-order valence-corrected chi connectivity index (χ1v) is 4.95. The van der Waals surface area contributed by atoms with Crippen LogP contribution in [0.1, 0.15) is 21.8 Å². The largest absolute Gasteiger partial charge is 0.440 e. The van der Waals surface area contributed by atoms with Crippen molar-refractivity contribution in [2.75, 3.05) is 5.32 Å². The predicted octanol–water partition coefficient (Wildman–Crippen LogP) is 2.79. The normalized spacial score (nSPS) is 10.4. The number of carbonyl (C=O) groups excluding carboxylic acids is 1. The highest BCUT2D eigenvalue weighted by molar-refractivity contribution is 6.29. The van der Waals surface area contributed by atoms with Crippen LogP contribution in [0.15, 0.2) is 21.1 Å². The van der Waals surface area contributed by atoms with E-state index in [1.807, 2.05) is 0 Å². The molecular weight excluding hydrogens is 232 g/mol. The van der Waals surface area contributed by atoms with Gasteiger partial charge in [-0.15, -0.1) is 0 Å².